The second kappa shape index (κ2) is 8.02. The molecule has 1 amide bonds. The van der Waals surface area contributed by atoms with Gasteiger partial charge in [0.1, 0.15) is 11.3 Å². The van der Waals surface area contributed by atoms with Crippen LogP contribution in [0.15, 0.2) is 94.3 Å². The van der Waals surface area contributed by atoms with Crippen molar-refractivity contribution in [3.05, 3.63) is 107 Å². The summed E-state index contributed by atoms with van der Waals surface area (Å²) in [7, 11) is 1.69. The number of aromatic nitrogens is 1. The molecule has 0 saturated carbocycles. The van der Waals surface area contributed by atoms with E-state index in [1.165, 1.54) is 17.2 Å². The molecule has 0 spiro atoms. The van der Waals surface area contributed by atoms with Crippen LogP contribution in [0.3, 0.4) is 0 Å². The molecule has 144 valence electrons. The number of carbonyl (C=O) groups is 1. The van der Waals surface area contributed by atoms with Crippen LogP contribution >= 0.6 is 0 Å². The number of nitrogens with zero attached hydrogens (tertiary/aromatic N) is 1. The van der Waals surface area contributed by atoms with Crippen LogP contribution in [0.25, 0.3) is 22.6 Å². The van der Waals surface area contributed by atoms with Gasteiger partial charge in [-0.1, -0.05) is 54.6 Å². The van der Waals surface area contributed by atoms with Crippen LogP contribution in [0.4, 0.5) is 0 Å². The second-order valence-corrected chi connectivity index (χ2v) is 6.82. The molecular weight excluding hydrogens is 364 g/mol. The van der Waals surface area contributed by atoms with Crippen molar-refractivity contribution in [3.63, 3.8) is 0 Å². The van der Waals surface area contributed by atoms with Crippen LogP contribution in [0.5, 0.6) is 0 Å². The molecule has 0 saturated heterocycles. The van der Waals surface area contributed by atoms with E-state index in [0.29, 0.717) is 18.0 Å². The van der Waals surface area contributed by atoms with Gasteiger partial charge in [0, 0.05) is 13.6 Å². The van der Waals surface area contributed by atoms with E-state index in [1.807, 2.05) is 42.5 Å². The van der Waals surface area contributed by atoms with Crippen LogP contribution in [-0.2, 0) is 6.54 Å². The average Bonchev–Trinajstić information content (AvgIpc) is 3.29. The highest BCUT2D eigenvalue weighted by atomic mass is 16.3. The van der Waals surface area contributed by atoms with Gasteiger partial charge in [-0.15, -0.1) is 0 Å². The van der Waals surface area contributed by atoms with Crippen LogP contribution in [-0.4, -0.2) is 22.8 Å². The summed E-state index contributed by atoms with van der Waals surface area (Å²) >= 11 is 0. The number of rotatable bonds is 5. The Bertz CT molecular complexity index is 1160. The van der Waals surface area contributed by atoms with E-state index in [4.69, 9.17) is 4.42 Å². The number of nitrogens with one attached hydrogen (secondary N) is 1. The van der Waals surface area contributed by atoms with Gasteiger partial charge in [0.25, 0.3) is 11.5 Å². The molecule has 2 aromatic carbocycles. The van der Waals surface area contributed by atoms with E-state index in [9.17, 15) is 9.59 Å². The van der Waals surface area contributed by atoms with Crippen molar-refractivity contribution in [2.24, 2.45) is 0 Å². The van der Waals surface area contributed by atoms with Crippen molar-refractivity contribution in [3.8, 4) is 22.6 Å². The van der Waals surface area contributed by atoms with Gasteiger partial charge in [-0.25, -0.2) is 0 Å². The zero-order chi connectivity index (χ0) is 20.2. The van der Waals surface area contributed by atoms with Crippen LogP contribution in [0, 0.1) is 0 Å². The summed E-state index contributed by atoms with van der Waals surface area (Å²) in [5.41, 5.74) is 3.46. The molecule has 0 radical (unpaired) electrons. The predicted octanol–water partition coefficient (Wildman–Crippen LogP) is 4.57. The molecule has 0 aliphatic rings. The lowest BCUT2D eigenvalue weighted by Crippen LogP contribution is -2.31. The van der Waals surface area contributed by atoms with E-state index < -0.39 is 5.56 Å². The number of amides is 1. The summed E-state index contributed by atoms with van der Waals surface area (Å²) in [4.78, 5) is 29.4. The fourth-order valence-corrected chi connectivity index (χ4v) is 3.20. The molecule has 1 N–H and O–H groups in total. The van der Waals surface area contributed by atoms with Gasteiger partial charge in [0.05, 0.1) is 12.0 Å². The van der Waals surface area contributed by atoms with E-state index >= 15 is 0 Å². The third-order valence-corrected chi connectivity index (χ3v) is 4.75. The van der Waals surface area contributed by atoms with Gasteiger partial charge >= 0.3 is 0 Å². The minimum Gasteiger partial charge on any atom is -0.463 e. The Morgan fingerprint density at radius 3 is 2.28 bits per heavy atom. The van der Waals surface area contributed by atoms with Crippen LogP contribution < -0.4 is 5.56 Å². The molecule has 2 aromatic heterocycles. The minimum atomic E-state index is -0.435. The summed E-state index contributed by atoms with van der Waals surface area (Å²) in [5.74, 6) is 0.220. The number of hydrogen-bond acceptors (Lipinski definition) is 3. The van der Waals surface area contributed by atoms with E-state index in [0.717, 1.165) is 16.7 Å². The fourth-order valence-electron chi connectivity index (χ4n) is 3.20. The third kappa shape index (κ3) is 4.04. The number of H-pyrrole nitrogens is 1. The molecule has 0 atom stereocenters. The van der Waals surface area contributed by atoms with E-state index in [1.54, 1.807) is 25.2 Å². The molecule has 0 fully saturated rings. The first-order valence-corrected chi connectivity index (χ1v) is 9.29. The van der Waals surface area contributed by atoms with Crippen molar-refractivity contribution in [1.82, 2.24) is 9.88 Å². The molecule has 2 heterocycles. The Hall–Kier alpha value is -3.86. The topological polar surface area (TPSA) is 66.3 Å². The maximum atomic E-state index is 12.7. The van der Waals surface area contributed by atoms with Gasteiger partial charge in [0.15, 0.2) is 0 Å². The maximum absolute atomic E-state index is 12.7. The maximum Gasteiger partial charge on any atom is 0.261 e. The number of pyridine rings is 1. The number of hydrogen-bond donors (Lipinski definition) is 1. The Morgan fingerprint density at radius 1 is 0.897 bits per heavy atom. The Labute approximate surface area is 168 Å². The van der Waals surface area contributed by atoms with Crippen molar-refractivity contribution in [2.45, 2.75) is 6.54 Å². The zero-order valence-electron chi connectivity index (χ0n) is 16.0. The molecule has 0 bridgehead atoms. The number of aromatic amines is 1. The number of benzene rings is 2. The summed E-state index contributed by atoms with van der Waals surface area (Å²) in [6.45, 7) is 0.410. The second-order valence-electron chi connectivity index (χ2n) is 6.82. The lowest BCUT2D eigenvalue weighted by molar-refractivity contribution is 0.0783. The van der Waals surface area contributed by atoms with E-state index in [2.05, 4.69) is 17.1 Å². The monoisotopic (exact) mass is 384 g/mol. The molecule has 0 unspecified atom stereocenters. The highest BCUT2D eigenvalue weighted by Gasteiger charge is 2.17. The lowest BCUT2D eigenvalue weighted by atomic mass is 10.0. The number of carbonyl (C=O) groups excluding carboxylic acids is 1. The molecule has 5 heteroatoms. The first-order valence-electron chi connectivity index (χ1n) is 9.29. The van der Waals surface area contributed by atoms with Crippen molar-refractivity contribution in [2.75, 3.05) is 7.05 Å². The predicted molar refractivity (Wildman–Crippen MR) is 112 cm³/mol. The SMILES string of the molecule is CN(Cc1ccc(-c2ccccc2)cc1)C(=O)c1ccc(-c2ccco2)[nH]c1=O. The molecule has 5 nitrogen and oxygen atoms in total. The van der Waals surface area contributed by atoms with Gasteiger partial charge in [-0.05, 0) is 41.0 Å². The first kappa shape index (κ1) is 18.5. The molecule has 4 aromatic rings. The summed E-state index contributed by atoms with van der Waals surface area (Å²) in [6.07, 6.45) is 1.53. The van der Waals surface area contributed by atoms with Crippen molar-refractivity contribution >= 4 is 5.91 Å². The smallest absolute Gasteiger partial charge is 0.261 e. The Morgan fingerprint density at radius 2 is 1.62 bits per heavy atom. The highest BCUT2D eigenvalue weighted by molar-refractivity contribution is 5.93. The molecule has 4 rings (SSSR count). The summed E-state index contributed by atoms with van der Waals surface area (Å²) in [6, 6.07) is 24.9. The minimum absolute atomic E-state index is 0.101. The van der Waals surface area contributed by atoms with Crippen LogP contribution in [0.1, 0.15) is 15.9 Å². The van der Waals surface area contributed by atoms with Gasteiger partial charge < -0.3 is 14.3 Å². The van der Waals surface area contributed by atoms with Gasteiger partial charge in [0.2, 0.25) is 0 Å². The molecule has 0 aliphatic carbocycles. The molecule has 0 aliphatic heterocycles. The van der Waals surface area contributed by atoms with Gasteiger partial charge in [-0.2, -0.15) is 0 Å². The molecule has 29 heavy (non-hydrogen) atoms. The fraction of sp³-hybridized carbons (Fsp3) is 0.0833. The quantitative estimate of drug-likeness (QED) is 0.548. The number of furan rings is 1. The summed E-state index contributed by atoms with van der Waals surface area (Å²) in [5, 5.41) is 0. The zero-order valence-corrected chi connectivity index (χ0v) is 16.0. The third-order valence-electron chi connectivity index (χ3n) is 4.75. The van der Waals surface area contributed by atoms with Crippen molar-refractivity contribution < 1.29 is 9.21 Å². The first-order chi connectivity index (χ1) is 14.1. The van der Waals surface area contributed by atoms with Crippen LogP contribution in [0.2, 0.25) is 0 Å². The Balaban J connectivity index is 1.48. The van der Waals surface area contributed by atoms with E-state index in [-0.39, 0.29) is 11.5 Å². The standard InChI is InChI=1S/C24H20N2O3/c1-26(16-17-9-11-19(12-10-17)18-6-3-2-4-7-18)24(28)20-13-14-21(25-23(20)27)22-8-5-15-29-22/h2-15H,16H2,1H3,(H,25,27). The highest BCUT2D eigenvalue weighted by Crippen LogP contribution is 2.20. The lowest BCUT2D eigenvalue weighted by Gasteiger charge is -2.17. The van der Waals surface area contributed by atoms with Crippen molar-refractivity contribution in [1.29, 1.82) is 0 Å². The largest absolute Gasteiger partial charge is 0.463 e. The Kier molecular flexibility index (Phi) is 5.12. The normalized spacial score (nSPS) is 10.7. The molecular formula is C24H20N2O3. The average molecular weight is 384 g/mol. The summed E-state index contributed by atoms with van der Waals surface area (Å²) < 4.78 is 5.28. The van der Waals surface area contributed by atoms with Gasteiger partial charge in [-0.3, -0.25) is 9.59 Å².